The summed E-state index contributed by atoms with van der Waals surface area (Å²) in [5.41, 5.74) is 2.00. The summed E-state index contributed by atoms with van der Waals surface area (Å²) in [6, 6.07) is 18.1. The lowest BCUT2D eigenvalue weighted by Crippen LogP contribution is -2.42. The highest BCUT2D eigenvalue weighted by molar-refractivity contribution is 9.10. The molecule has 2 atom stereocenters. The van der Waals surface area contributed by atoms with E-state index in [1.54, 1.807) is 0 Å². The van der Waals surface area contributed by atoms with E-state index < -0.39 is 0 Å². The molecule has 5 rings (SSSR count). The fraction of sp³-hybridized carbons (Fsp3) is 0.333. The molecule has 2 fully saturated rings. The summed E-state index contributed by atoms with van der Waals surface area (Å²) < 4.78 is 12.9. The highest BCUT2D eigenvalue weighted by Gasteiger charge is 2.41. The maximum atomic E-state index is 6.40. The molecular weight excluding hydrogens is 488 g/mol. The van der Waals surface area contributed by atoms with Gasteiger partial charge in [0.05, 0.1) is 24.9 Å². The fourth-order valence-corrected chi connectivity index (χ4v) is 4.91. The van der Waals surface area contributed by atoms with Crippen LogP contribution in [0.15, 0.2) is 69.7 Å². The van der Waals surface area contributed by atoms with Gasteiger partial charge in [0, 0.05) is 42.4 Å². The second-order valence-corrected chi connectivity index (χ2v) is 9.29. The molecule has 4 heterocycles. The summed E-state index contributed by atoms with van der Waals surface area (Å²) in [6.45, 7) is 5.23. The summed E-state index contributed by atoms with van der Waals surface area (Å²) >= 11 is 9.27. The first-order valence-corrected chi connectivity index (χ1v) is 12.0. The van der Waals surface area contributed by atoms with Crippen molar-refractivity contribution in [2.75, 3.05) is 39.4 Å². The zero-order chi connectivity index (χ0) is 21.9. The molecule has 0 saturated carbocycles. The molecule has 2 saturated heterocycles. The molecule has 1 aromatic carbocycles. The number of halogens is 1. The van der Waals surface area contributed by atoms with Gasteiger partial charge in [0.1, 0.15) is 17.6 Å². The minimum atomic E-state index is -0.0719. The van der Waals surface area contributed by atoms with Crippen LogP contribution in [0.5, 0.6) is 0 Å². The number of furan rings is 1. The predicted octanol–water partition coefficient (Wildman–Crippen LogP) is 4.41. The fourth-order valence-electron chi connectivity index (χ4n) is 4.31. The van der Waals surface area contributed by atoms with E-state index in [1.165, 1.54) is 0 Å². The third-order valence-electron chi connectivity index (χ3n) is 6.01. The summed E-state index contributed by atoms with van der Waals surface area (Å²) in [7, 11) is 0. The van der Waals surface area contributed by atoms with Gasteiger partial charge in [-0.05, 0) is 48.6 Å². The molecule has 3 aromatic rings. The van der Waals surface area contributed by atoms with Crippen LogP contribution in [-0.4, -0.2) is 59.3 Å². The number of morpholine rings is 1. The second kappa shape index (κ2) is 9.70. The van der Waals surface area contributed by atoms with Crippen molar-refractivity contribution in [1.82, 2.24) is 20.1 Å². The van der Waals surface area contributed by atoms with Crippen LogP contribution in [-0.2, 0) is 4.74 Å². The number of thiocarbonyl (C=S) groups is 1. The molecule has 166 valence electrons. The molecular formula is C24H25BrN4O2S. The van der Waals surface area contributed by atoms with Crippen LogP contribution in [0.25, 0.3) is 11.3 Å². The lowest BCUT2D eigenvalue weighted by Gasteiger charge is -2.31. The smallest absolute Gasteiger partial charge is 0.170 e. The van der Waals surface area contributed by atoms with Crippen molar-refractivity contribution in [3.8, 4) is 11.3 Å². The molecule has 0 aliphatic carbocycles. The average molecular weight is 513 g/mol. The molecule has 0 radical (unpaired) electrons. The van der Waals surface area contributed by atoms with Crippen molar-refractivity contribution in [2.45, 2.75) is 12.1 Å². The van der Waals surface area contributed by atoms with Crippen molar-refractivity contribution in [3.05, 3.63) is 76.7 Å². The van der Waals surface area contributed by atoms with Gasteiger partial charge in [-0.2, -0.15) is 0 Å². The minimum Gasteiger partial charge on any atom is -0.459 e. The molecule has 0 spiro atoms. The summed E-state index contributed by atoms with van der Waals surface area (Å²) in [6.07, 6.45) is 1.82. The highest BCUT2D eigenvalue weighted by Crippen LogP contribution is 2.40. The molecule has 2 aliphatic heterocycles. The van der Waals surface area contributed by atoms with E-state index in [0.29, 0.717) is 0 Å². The van der Waals surface area contributed by atoms with Crippen LogP contribution < -0.4 is 5.32 Å². The Morgan fingerprint density at radius 1 is 1.03 bits per heavy atom. The van der Waals surface area contributed by atoms with Gasteiger partial charge in [0.25, 0.3) is 0 Å². The predicted molar refractivity (Wildman–Crippen MR) is 131 cm³/mol. The Bertz CT molecular complexity index is 1050. The van der Waals surface area contributed by atoms with Crippen molar-refractivity contribution in [3.63, 3.8) is 0 Å². The van der Waals surface area contributed by atoms with Crippen molar-refractivity contribution in [2.24, 2.45) is 0 Å². The number of hydrogen-bond acceptors (Lipinski definition) is 5. The highest BCUT2D eigenvalue weighted by atomic mass is 79.9. The van der Waals surface area contributed by atoms with Gasteiger partial charge in [-0.25, -0.2) is 0 Å². The molecule has 1 N–H and O–H groups in total. The Balaban J connectivity index is 1.43. The number of nitrogens with one attached hydrogen (secondary N) is 1. The van der Waals surface area contributed by atoms with Gasteiger partial charge in [0.15, 0.2) is 5.11 Å². The van der Waals surface area contributed by atoms with E-state index in [0.717, 1.165) is 71.8 Å². The number of ether oxygens (including phenoxy) is 1. The summed E-state index contributed by atoms with van der Waals surface area (Å²) in [5.74, 6) is 1.73. The van der Waals surface area contributed by atoms with E-state index in [9.17, 15) is 0 Å². The summed E-state index contributed by atoms with van der Waals surface area (Å²) in [4.78, 5) is 9.28. The van der Waals surface area contributed by atoms with E-state index in [1.807, 2.05) is 42.6 Å². The molecule has 32 heavy (non-hydrogen) atoms. The second-order valence-electron chi connectivity index (χ2n) is 7.98. The van der Waals surface area contributed by atoms with E-state index in [2.05, 4.69) is 54.2 Å². The molecule has 8 heteroatoms. The number of rotatable bonds is 6. The zero-order valence-corrected chi connectivity index (χ0v) is 20.0. The molecule has 2 aliphatic rings. The lowest BCUT2D eigenvalue weighted by atomic mass is 10.0. The first kappa shape index (κ1) is 21.6. The maximum absolute atomic E-state index is 6.40. The molecule has 0 unspecified atom stereocenters. The van der Waals surface area contributed by atoms with Crippen LogP contribution in [0, 0.1) is 0 Å². The van der Waals surface area contributed by atoms with Gasteiger partial charge in [-0.15, -0.1) is 0 Å². The van der Waals surface area contributed by atoms with Crippen molar-refractivity contribution < 1.29 is 9.15 Å². The third kappa shape index (κ3) is 4.59. The van der Waals surface area contributed by atoms with Gasteiger partial charge >= 0.3 is 0 Å². The average Bonchev–Trinajstić information content (AvgIpc) is 3.44. The maximum Gasteiger partial charge on any atom is 0.170 e. The number of pyridine rings is 1. The lowest BCUT2D eigenvalue weighted by molar-refractivity contribution is 0.0347. The van der Waals surface area contributed by atoms with Crippen molar-refractivity contribution >= 4 is 33.3 Å². The van der Waals surface area contributed by atoms with E-state index in [4.69, 9.17) is 21.4 Å². The Hall–Kier alpha value is -2.26. The Labute approximate surface area is 201 Å². The van der Waals surface area contributed by atoms with Crippen LogP contribution in [0.3, 0.4) is 0 Å². The van der Waals surface area contributed by atoms with Gasteiger partial charge in [-0.1, -0.05) is 34.1 Å². The number of benzene rings is 1. The monoisotopic (exact) mass is 512 g/mol. The van der Waals surface area contributed by atoms with E-state index in [-0.39, 0.29) is 12.1 Å². The zero-order valence-electron chi connectivity index (χ0n) is 17.6. The first-order chi connectivity index (χ1) is 15.7. The first-order valence-electron chi connectivity index (χ1n) is 10.8. The van der Waals surface area contributed by atoms with Crippen LogP contribution in [0.4, 0.5) is 0 Å². The molecule has 6 nitrogen and oxygen atoms in total. The Morgan fingerprint density at radius 2 is 1.84 bits per heavy atom. The van der Waals surface area contributed by atoms with Gasteiger partial charge in [-0.3, -0.25) is 9.88 Å². The molecule has 0 bridgehead atoms. The van der Waals surface area contributed by atoms with Gasteiger partial charge in [0.2, 0.25) is 0 Å². The topological polar surface area (TPSA) is 53.8 Å². The number of hydrogen-bond donors (Lipinski definition) is 1. The van der Waals surface area contributed by atoms with Crippen LogP contribution in [0.2, 0.25) is 0 Å². The molecule has 2 aromatic heterocycles. The van der Waals surface area contributed by atoms with Crippen LogP contribution in [0.1, 0.15) is 23.5 Å². The molecule has 0 amide bonds. The van der Waals surface area contributed by atoms with Gasteiger partial charge < -0.3 is 19.4 Å². The minimum absolute atomic E-state index is 0.0670. The number of aromatic nitrogens is 1. The summed E-state index contributed by atoms with van der Waals surface area (Å²) in [5, 5.41) is 4.24. The van der Waals surface area contributed by atoms with E-state index >= 15 is 0 Å². The normalized spacial score (nSPS) is 21.7. The Kier molecular flexibility index (Phi) is 6.54. The third-order valence-corrected chi connectivity index (χ3v) is 6.89. The Morgan fingerprint density at radius 3 is 2.59 bits per heavy atom. The number of nitrogens with zero attached hydrogens (tertiary/aromatic N) is 3. The standard InChI is InChI=1S/C24H25BrN4O2S/c25-18-6-4-17(5-7-18)20-8-9-21(31-20)23-22(19-3-1-2-10-26-19)27-24(32)29(23)12-11-28-13-15-30-16-14-28/h1-10,22-23H,11-16H2,(H,27,32)/t22-,23-/m1/s1. The van der Waals surface area contributed by atoms with Crippen LogP contribution >= 0.6 is 28.1 Å². The largest absolute Gasteiger partial charge is 0.459 e. The quantitative estimate of drug-likeness (QED) is 0.491. The van der Waals surface area contributed by atoms with Crippen molar-refractivity contribution in [1.29, 1.82) is 0 Å². The SMILES string of the molecule is S=C1N[C@H](c2ccccn2)[C@@H](c2ccc(-c3ccc(Br)cc3)o2)N1CCN1CCOCC1.